The van der Waals surface area contributed by atoms with Crippen molar-refractivity contribution in [3.05, 3.63) is 35.9 Å². The van der Waals surface area contributed by atoms with Crippen molar-refractivity contribution >= 4 is 0 Å². The lowest BCUT2D eigenvalue weighted by Crippen LogP contribution is -2.35. The third kappa shape index (κ3) is 8.79. The molecule has 0 unspecified atom stereocenters. The molecule has 0 aromatic heterocycles. The Bertz CT molecular complexity index is 297. The van der Waals surface area contributed by atoms with Crippen molar-refractivity contribution in [3.63, 3.8) is 0 Å². The van der Waals surface area contributed by atoms with Crippen LogP contribution in [0, 0.1) is 0 Å². The quantitative estimate of drug-likeness (QED) is 0.599. The van der Waals surface area contributed by atoms with Gasteiger partial charge in [-0.15, -0.1) is 0 Å². The van der Waals surface area contributed by atoms with Gasteiger partial charge in [0.15, 0.2) is 0 Å². The summed E-state index contributed by atoms with van der Waals surface area (Å²) in [6.07, 6.45) is 9.07. The van der Waals surface area contributed by atoms with Gasteiger partial charge in [0, 0.05) is 12.6 Å². The molecule has 0 amide bonds. The predicted octanol–water partition coefficient (Wildman–Crippen LogP) is 3.51. The number of nitrogens with one attached hydrogen (secondary N) is 1. The van der Waals surface area contributed by atoms with Crippen molar-refractivity contribution in [3.8, 4) is 0 Å². The molecule has 0 aliphatic heterocycles. The standard InChI is InChI=1S/C17H30N2/c1-2-3-4-5-6-10-13-19-15-17(18)14-16-11-8-7-9-12-16/h7-9,11-12,17,19H,2-6,10,13-15,18H2,1H3/t17-/m0/s1. The molecule has 19 heavy (non-hydrogen) atoms. The van der Waals surface area contributed by atoms with E-state index >= 15 is 0 Å². The van der Waals surface area contributed by atoms with Crippen LogP contribution < -0.4 is 11.1 Å². The average molecular weight is 262 g/mol. The molecule has 1 aromatic rings. The molecule has 0 spiro atoms. The SMILES string of the molecule is CCCCCCCCNC[C@@H](N)Cc1ccccc1. The fraction of sp³-hybridized carbons (Fsp3) is 0.647. The first-order valence-electron chi connectivity index (χ1n) is 7.83. The van der Waals surface area contributed by atoms with Crippen LogP contribution in [0.3, 0.4) is 0 Å². The van der Waals surface area contributed by atoms with Gasteiger partial charge in [-0.05, 0) is 24.9 Å². The highest BCUT2D eigenvalue weighted by molar-refractivity contribution is 5.15. The van der Waals surface area contributed by atoms with Gasteiger partial charge in [0.25, 0.3) is 0 Å². The van der Waals surface area contributed by atoms with Crippen molar-refractivity contribution in [1.82, 2.24) is 5.32 Å². The van der Waals surface area contributed by atoms with Gasteiger partial charge in [0.2, 0.25) is 0 Å². The first-order valence-corrected chi connectivity index (χ1v) is 7.83. The predicted molar refractivity (Wildman–Crippen MR) is 84.4 cm³/mol. The molecule has 0 saturated heterocycles. The third-order valence-corrected chi connectivity index (χ3v) is 3.45. The summed E-state index contributed by atoms with van der Waals surface area (Å²) in [4.78, 5) is 0. The fourth-order valence-corrected chi connectivity index (χ4v) is 2.31. The van der Waals surface area contributed by atoms with Crippen LogP contribution in [0.1, 0.15) is 51.0 Å². The highest BCUT2D eigenvalue weighted by atomic mass is 14.9. The maximum absolute atomic E-state index is 6.12. The number of hydrogen-bond donors (Lipinski definition) is 2. The summed E-state index contributed by atoms with van der Waals surface area (Å²) in [5.74, 6) is 0. The molecule has 0 radical (unpaired) electrons. The number of rotatable bonds is 11. The summed E-state index contributed by atoms with van der Waals surface area (Å²) >= 11 is 0. The van der Waals surface area contributed by atoms with E-state index in [9.17, 15) is 0 Å². The highest BCUT2D eigenvalue weighted by Crippen LogP contribution is 2.04. The average Bonchev–Trinajstić information content (AvgIpc) is 2.43. The van der Waals surface area contributed by atoms with E-state index < -0.39 is 0 Å². The second-order valence-corrected chi connectivity index (χ2v) is 5.42. The lowest BCUT2D eigenvalue weighted by Gasteiger charge is -2.12. The molecule has 1 atom stereocenters. The summed E-state index contributed by atoms with van der Waals surface area (Å²) in [6, 6.07) is 10.7. The molecule has 0 saturated carbocycles. The minimum atomic E-state index is 0.225. The summed E-state index contributed by atoms with van der Waals surface area (Å²) in [5.41, 5.74) is 7.45. The van der Waals surface area contributed by atoms with Gasteiger partial charge in [-0.2, -0.15) is 0 Å². The Balaban J connectivity index is 1.94. The second-order valence-electron chi connectivity index (χ2n) is 5.42. The Morgan fingerprint density at radius 2 is 1.68 bits per heavy atom. The minimum Gasteiger partial charge on any atom is -0.326 e. The Hall–Kier alpha value is -0.860. The van der Waals surface area contributed by atoms with Crippen LogP contribution in [0.4, 0.5) is 0 Å². The first kappa shape index (κ1) is 16.2. The van der Waals surface area contributed by atoms with E-state index in [4.69, 9.17) is 5.73 Å². The molecule has 108 valence electrons. The van der Waals surface area contributed by atoms with E-state index in [-0.39, 0.29) is 6.04 Å². The van der Waals surface area contributed by atoms with Crippen molar-refractivity contribution in [2.24, 2.45) is 5.73 Å². The van der Waals surface area contributed by atoms with E-state index in [0.29, 0.717) is 0 Å². The van der Waals surface area contributed by atoms with Gasteiger partial charge in [-0.3, -0.25) is 0 Å². The maximum Gasteiger partial charge on any atom is 0.0206 e. The Kier molecular flexibility index (Phi) is 9.38. The van der Waals surface area contributed by atoms with Crippen molar-refractivity contribution in [2.45, 2.75) is 57.9 Å². The molecule has 0 fully saturated rings. The van der Waals surface area contributed by atoms with Crippen molar-refractivity contribution < 1.29 is 0 Å². The Labute approximate surface area is 118 Å². The number of hydrogen-bond acceptors (Lipinski definition) is 2. The van der Waals surface area contributed by atoms with Crippen LogP contribution in [-0.4, -0.2) is 19.1 Å². The summed E-state index contributed by atoms with van der Waals surface area (Å²) < 4.78 is 0. The van der Waals surface area contributed by atoms with Crippen LogP contribution in [0.2, 0.25) is 0 Å². The van der Waals surface area contributed by atoms with E-state index in [1.807, 2.05) is 6.07 Å². The van der Waals surface area contributed by atoms with Crippen LogP contribution in [-0.2, 0) is 6.42 Å². The highest BCUT2D eigenvalue weighted by Gasteiger charge is 2.02. The molecule has 1 rings (SSSR count). The van der Waals surface area contributed by atoms with E-state index in [0.717, 1.165) is 19.5 Å². The van der Waals surface area contributed by atoms with E-state index in [2.05, 4.69) is 36.5 Å². The van der Waals surface area contributed by atoms with Gasteiger partial charge < -0.3 is 11.1 Å². The smallest absolute Gasteiger partial charge is 0.0206 e. The summed E-state index contributed by atoms with van der Waals surface area (Å²) in [7, 11) is 0. The van der Waals surface area contributed by atoms with Crippen LogP contribution in [0.5, 0.6) is 0 Å². The van der Waals surface area contributed by atoms with Gasteiger partial charge in [0.1, 0.15) is 0 Å². The van der Waals surface area contributed by atoms with Crippen LogP contribution in [0.25, 0.3) is 0 Å². The molecule has 2 heteroatoms. The molecular formula is C17H30N2. The number of unbranched alkanes of at least 4 members (excludes halogenated alkanes) is 5. The van der Waals surface area contributed by atoms with Gasteiger partial charge in [-0.1, -0.05) is 69.4 Å². The monoisotopic (exact) mass is 262 g/mol. The van der Waals surface area contributed by atoms with Gasteiger partial charge >= 0.3 is 0 Å². The molecule has 0 aliphatic carbocycles. The number of nitrogens with two attached hydrogens (primary N) is 1. The third-order valence-electron chi connectivity index (χ3n) is 3.45. The Morgan fingerprint density at radius 3 is 2.42 bits per heavy atom. The summed E-state index contributed by atoms with van der Waals surface area (Å²) in [6.45, 7) is 4.29. The topological polar surface area (TPSA) is 38.0 Å². The molecular weight excluding hydrogens is 232 g/mol. The maximum atomic E-state index is 6.12. The van der Waals surface area contributed by atoms with Gasteiger partial charge in [0.05, 0.1) is 0 Å². The lowest BCUT2D eigenvalue weighted by atomic mass is 10.1. The fourth-order valence-electron chi connectivity index (χ4n) is 2.31. The zero-order valence-corrected chi connectivity index (χ0v) is 12.4. The van der Waals surface area contributed by atoms with Gasteiger partial charge in [-0.25, -0.2) is 0 Å². The van der Waals surface area contributed by atoms with Crippen LogP contribution >= 0.6 is 0 Å². The first-order chi connectivity index (χ1) is 9.33. The normalized spacial score (nSPS) is 12.5. The van der Waals surface area contributed by atoms with Crippen molar-refractivity contribution in [2.75, 3.05) is 13.1 Å². The largest absolute Gasteiger partial charge is 0.326 e. The molecule has 0 bridgehead atoms. The minimum absolute atomic E-state index is 0.225. The summed E-state index contributed by atoms with van der Waals surface area (Å²) in [5, 5.41) is 3.47. The van der Waals surface area contributed by atoms with Crippen LogP contribution in [0.15, 0.2) is 30.3 Å². The lowest BCUT2D eigenvalue weighted by molar-refractivity contribution is 0.536. The Morgan fingerprint density at radius 1 is 1.00 bits per heavy atom. The molecule has 0 aliphatic rings. The zero-order valence-electron chi connectivity index (χ0n) is 12.4. The van der Waals surface area contributed by atoms with E-state index in [1.165, 1.54) is 44.1 Å². The second kappa shape index (κ2) is 11.0. The molecule has 1 aromatic carbocycles. The molecule has 3 N–H and O–H groups in total. The van der Waals surface area contributed by atoms with Crippen molar-refractivity contribution in [1.29, 1.82) is 0 Å². The number of benzene rings is 1. The molecule has 0 heterocycles. The molecule has 2 nitrogen and oxygen atoms in total. The zero-order chi connectivity index (χ0) is 13.8. The van der Waals surface area contributed by atoms with E-state index in [1.54, 1.807) is 0 Å².